The predicted molar refractivity (Wildman–Crippen MR) is 76.0 cm³/mol. The Morgan fingerprint density at radius 1 is 1.45 bits per heavy atom. The molecule has 0 aliphatic heterocycles. The molecule has 0 aliphatic rings. The van der Waals surface area contributed by atoms with E-state index in [-0.39, 0.29) is 10.7 Å². The van der Waals surface area contributed by atoms with Gasteiger partial charge in [-0.2, -0.15) is 0 Å². The van der Waals surface area contributed by atoms with Crippen LogP contribution >= 0.6 is 11.6 Å². The molecule has 0 atom stereocenters. The maximum Gasteiger partial charge on any atom is 0.407 e. The van der Waals surface area contributed by atoms with E-state index in [2.05, 4.69) is 5.32 Å². The molecule has 0 saturated carbocycles. The Morgan fingerprint density at radius 3 is 2.65 bits per heavy atom. The molecular weight excluding hydrogens is 284 g/mol. The molecule has 20 heavy (non-hydrogen) atoms. The summed E-state index contributed by atoms with van der Waals surface area (Å²) in [5.74, 6) is 0. The number of nitrogens with one attached hydrogen (secondary N) is 1. The molecule has 0 unspecified atom stereocenters. The number of carbonyl (C=O) groups is 1. The van der Waals surface area contributed by atoms with Crippen molar-refractivity contribution in [2.45, 2.75) is 32.8 Å². The summed E-state index contributed by atoms with van der Waals surface area (Å²) in [6, 6.07) is 4.56. The maximum atomic E-state index is 11.4. The van der Waals surface area contributed by atoms with E-state index in [1.54, 1.807) is 26.8 Å². The smallest absolute Gasteiger partial charge is 0.407 e. The number of nitrogens with zero attached hydrogens (tertiary/aromatic N) is 1. The van der Waals surface area contributed by atoms with Crippen LogP contribution in [0.5, 0.6) is 0 Å². The minimum Gasteiger partial charge on any atom is -0.444 e. The van der Waals surface area contributed by atoms with Gasteiger partial charge in [0, 0.05) is 12.6 Å². The van der Waals surface area contributed by atoms with Crippen molar-refractivity contribution < 1.29 is 14.5 Å². The van der Waals surface area contributed by atoms with Crippen LogP contribution in [0.15, 0.2) is 18.2 Å². The first-order valence-electron chi connectivity index (χ1n) is 6.09. The summed E-state index contributed by atoms with van der Waals surface area (Å²) in [4.78, 5) is 21.6. The average molecular weight is 301 g/mol. The molecule has 0 radical (unpaired) electrons. The summed E-state index contributed by atoms with van der Waals surface area (Å²) in [6.07, 6.45) is -0.0574. The van der Waals surface area contributed by atoms with Crippen LogP contribution in [0.2, 0.25) is 5.02 Å². The Labute approximate surface area is 122 Å². The van der Waals surface area contributed by atoms with E-state index in [0.29, 0.717) is 13.0 Å². The van der Waals surface area contributed by atoms with Gasteiger partial charge in [-0.25, -0.2) is 4.79 Å². The summed E-state index contributed by atoms with van der Waals surface area (Å²) in [6.45, 7) is 5.65. The lowest BCUT2D eigenvalue weighted by molar-refractivity contribution is -0.384. The molecule has 0 spiro atoms. The molecule has 0 aliphatic carbocycles. The number of ether oxygens (including phenoxy) is 1. The van der Waals surface area contributed by atoms with Crippen molar-refractivity contribution >= 4 is 23.4 Å². The van der Waals surface area contributed by atoms with E-state index >= 15 is 0 Å². The van der Waals surface area contributed by atoms with Gasteiger partial charge in [-0.1, -0.05) is 17.7 Å². The van der Waals surface area contributed by atoms with Crippen molar-refractivity contribution in [1.82, 2.24) is 5.32 Å². The van der Waals surface area contributed by atoms with E-state index in [1.807, 2.05) is 0 Å². The standard InChI is InChI=1S/C13H17ClN2O4/c1-13(2,3)20-12(17)15-7-6-9-4-5-10(14)11(8-9)16(18)19/h4-5,8H,6-7H2,1-3H3,(H,15,17). The molecule has 1 amide bonds. The van der Waals surface area contributed by atoms with E-state index in [4.69, 9.17) is 16.3 Å². The number of hydrogen-bond donors (Lipinski definition) is 1. The summed E-state index contributed by atoms with van der Waals surface area (Å²) in [5, 5.41) is 13.4. The molecule has 1 aromatic carbocycles. The molecule has 0 saturated heterocycles. The van der Waals surface area contributed by atoms with Crippen molar-refractivity contribution in [2.75, 3.05) is 6.54 Å². The number of carbonyl (C=O) groups excluding carboxylic acids is 1. The van der Waals surface area contributed by atoms with Gasteiger partial charge < -0.3 is 10.1 Å². The van der Waals surface area contributed by atoms with Gasteiger partial charge in [0.05, 0.1) is 4.92 Å². The minimum absolute atomic E-state index is 0.0962. The first kappa shape index (κ1) is 16.2. The number of halogens is 1. The molecule has 0 bridgehead atoms. The number of benzene rings is 1. The normalized spacial score (nSPS) is 11.0. The number of nitro groups is 1. The summed E-state index contributed by atoms with van der Waals surface area (Å²) >= 11 is 5.72. The zero-order chi connectivity index (χ0) is 15.3. The number of alkyl carbamates (subject to hydrolysis) is 1. The van der Waals surface area contributed by atoms with Crippen LogP contribution in [0.3, 0.4) is 0 Å². The molecule has 0 fully saturated rings. The third-order valence-electron chi connectivity index (χ3n) is 2.29. The highest BCUT2D eigenvalue weighted by molar-refractivity contribution is 6.32. The third-order valence-corrected chi connectivity index (χ3v) is 2.61. The maximum absolute atomic E-state index is 11.4. The van der Waals surface area contributed by atoms with Crippen LogP contribution in [-0.4, -0.2) is 23.2 Å². The van der Waals surface area contributed by atoms with Crippen LogP contribution in [-0.2, 0) is 11.2 Å². The van der Waals surface area contributed by atoms with Crippen molar-refractivity contribution in [3.05, 3.63) is 38.9 Å². The van der Waals surface area contributed by atoms with Crippen LogP contribution in [0.1, 0.15) is 26.3 Å². The van der Waals surface area contributed by atoms with Crippen molar-refractivity contribution in [2.24, 2.45) is 0 Å². The van der Waals surface area contributed by atoms with Gasteiger partial charge in [0.1, 0.15) is 10.6 Å². The molecule has 110 valence electrons. The molecule has 7 heteroatoms. The fourth-order valence-corrected chi connectivity index (χ4v) is 1.66. The Kier molecular flexibility index (Phi) is 5.33. The monoisotopic (exact) mass is 300 g/mol. The van der Waals surface area contributed by atoms with E-state index < -0.39 is 16.6 Å². The average Bonchev–Trinajstić information content (AvgIpc) is 2.28. The summed E-state index contributed by atoms with van der Waals surface area (Å²) < 4.78 is 5.08. The highest BCUT2D eigenvalue weighted by atomic mass is 35.5. The summed E-state index contributed by atoms with van der Waals surface area (Å²) in [7, 11) is 0. The van der Waals surface area contributed by atoms with E-state index in [0.717, 1.165) is 5.56 Å². The van der Waals surface area contributed by atoms with Gasteiger partial charge in [-0.3, -0.25) is 10.1 Å². The topological polar surface area (TPSA) is 81.5 Å². The van der Waals surface area contributed by atoms with Gasteiger partial charge in [-0.15, -0.1) is 0 Å². The molecular formula is C13H17ClN2O4. The third kappa shape index (κ3) is 5.44. The molecule has 1 N–H and O–H groups in total. The van der Waals surface area contributed by atoms with Crippen LogP contribution in [0.25, 0.3) is 0 Å². The van der Waals surface area contributed by atoms with Crippen molar-refractivity contribution in [1.29, 1.82) is 0 Å². The molecule has 1 aromatic rings. The van der Waals surface area contributed by atoms with E-state index in [1.165, 1.54) is 12.1 Å². The lowest BCUT2D eigenvalue weighted by Crippen LogP contribution is -2.33. The van der Waals surface area contributed by atoms with Gasteiger partial charge in [0.25, 0.3) is 5.69 Å². The SMILES string of the molecule is CC(C)(C)OC(=O)NCCc1ccc(Cl)c([N+](=O)[O-])c1. The minimum atomic E-state index is -0.552. The lowest BCUT2D eigenvalue weighted by Gasteiger charge is -2.19. The number of amides is 1. The molecule has 6 nitrogen and oxygen atoms in total. The fourth-order valence-electron chi connectivity index (χ4n) is 1.48. The quantitative estimate of drug-likeness (QED) is 0.683. The van der Waals surface area contributed by atoms with Crippen LogP contribution in [0.4, 0.5) is 10.5 Å². The summed E-state index contributed by atoms with van der Waals surface area (Å²) in [5.41, 5.74) is 0.0296. The second-order valence-corrected chi connectivity index (χ2v) is 5.63. The van der Waals surface area contributed by atoms with Crippen molar-refractivity contribution in [3.8, 4) is 0 Å². The van der Waals surface area contributed by atoms with Crippen LogP contribution in [0, 0.1) is 10.1 Å². The number of rotatable bonds is 4. The zero-order valence-corrected chi connectivity index (χ0v) is 12.4. The second-order valence-electron chi connectivity index (χ2n) is 5.22. The zero-order valence-electron chi connectivity index (χ0n) is 11.6. The van der Waals surface area contributed by atoms with Gasteiger partial charge in [-0.05, 0) is 38.8 Å². The van der Waals surface area contributed by atoms with Crippen LogP contribution < -0.4 is 5.32 Å². The predicted octanol–water partition coefficient (Wildman–Crippen LogP) is 3.32. The second kappa shape index (κ2) is 6.56. The number of hydrogen-bond acceptors (Lipinski definition) is 4. The van der Waals surface area contributed by atoms with Crippen molar-refractivity contribution in [3.63, 3.8) is 0 Å². The molecule has 1 rings (SSSR count). The Morgan fingerprint density at radius 2 is 2.10 bits per heavy atom. The van der Waals surface area contributed by atoms with Gasteiger partial charge in [0.15, 0.2) is 0 Å². The fraction of sp³-hybridized carbons (Fsp3) is 0.462. The number of nitro benzene ring substituents is 1. The first-order chi connectivity index (χ1) is 9.19. The molecule has 0 heterocycles. The van der Waals surface area contributed by atoms with Gasteiger partial charge >= 0.3 is 6.09 Å². The van der Waals surface area contributed by atoms with E-state index in [9.17, 15) is 14.9 Å². The first-order valence-corrected chi connectivity index (χ1v) is 6.46. The Bertz CT molecular complexity index is 512. The largest absolute Gasteiger partial charge is 0.444 e. The highest BCUT2D eigenvalue weighted by Crippen LogP contribution is 2.25. The molecule has 0 aromatic heterocycles. The Balaban J connectivity index is 2.53. The highest BCUT2D eigenvalue weighted by Gasteiger charge is 2.16. The van der Waals surface area contributed by atoms with Gasteiger partial charge in [0.2, 0.25) is 0 Å². The lowest BCUT2D eigenvalue weighted by atomic mass is 10.1. The Hall–Kier alpha value is -1.82.